The standard InChI is InChI=1S/C26H30N6O3/c1-3-35-23-8-4-7-21(18-23)29-25(33)28-20-9-11-22(12-10-20)31-14-16-32(17-15-31)26(34)30-24-19(2)6-5-13-27-24/h4-13,18H,3,14-17H2,1-2H3,(H,27,30,34)(H2,28,29,33). The minimum atomic E-state index is -0.325. The molecule has 0 unspecified atom stereocenters. The van der Waals surface area contributed by atoms with Crippen molar-refractivity contribution in [1.29, 1.82) is 0 Å². The minimum absolute atomic E-state index is 0.135. The maximum absolute atomic E-state index is 12.6. The van der Waals surface area contributed by atoms with E-state index in [1.54, 1.807) is 17.2 Å². The molecule has 9 heteroatoms. The average Bonchev–Trinajstić information content (AvgIpc) is 2.86. The molecule has 0 aliphatic carbocycles. The molecule has 35 heavy (non-hydrogen) atoms. The molecular weight excluding hydrogens is 444 g/mol. The van der Waals surface area contributed by atoms with E-state index < -0.39 is 0 Å². The van der Waals surface area contributed by atoms with Crippen molar-refractivity contribution in [2.75, 3.05) is 53.6 Å². The second kappa shape index (κ2) is 11.2. The molecule has 4 amide bonds. The van der Waals surface area contributed by atoms with Gasteiger partial charge in [-0.05, 0) is 61.9 Å². The molecule has 0 bridgehead atoms. The van der Waals surface area contributed by atoms with Crippen LogP contribution in [0.4, 0.5) is 32.5 Å². The number of benzene rings is 2. The number of nitrogens with zero attached hydrogens (tertiary/aromatic N) is 3. The molecule has 0 spiro atoms. The van der Waals surface area contributed by atoms with Gasteiger partial charge in [-0.25, -0.2) is 14.6 Å². The van der Waals surface area contributed by atoms with Gasteiger partial charge in [-0.2, -0.15) is 0 Å². The predicted octanol–water partition coefficient (Wildman–Crippen LogP) is 4.79. The van der Waals surface area contributed by atoms with Crippen LogP contribution in [0.3, 0.4) is 0 Å². The maximum Gasteiger partial charge on any atom is 0.323 e. The number of ether oxygens (including phenoxy) is 1. The van der Waals surface area contributed by atoms with Gasteiger partial charge in [0.1, 0.15) is 11.6 Å². The fraction of sp³-hybridized carbons (Fsp3) is 0.269. The van der Waals surface area contributed by atoms with Gasteiger partial charge in [0.15, 0.2) is 0 Å². The number of aryl methyl sites for hydroxylation is 1. The SMILES string of the molecule is CCOc1cccc(NC(=O)Nc2ccc(N3CCN(C(=O)Nc4ncccc4C)CC3)cc2)c1. The number of carbonyl (C=O) groups is 2. The molecule has 1 aliphatic rings. The summed E-state index contributed by atoms with van der Waals surface area (Å²) in [6.07, 6.45) is 1.67. The second-order valence-corrected chi connectivity index (χ2v) is 8.16. The van der Waals surface area contributed by atoms with Crippen molar-refractivity contribution in [2.24, 2.45) is 0 Å². The predicted molar refractivity (Wildman–Crippen MR) is 138 cm³/mol. The van der Waals surface area contributed by atoms with E-state index in [0.29, 0.717) is 42.6 Å². The Morgan fingerprint density at radius 1 is 0.914 bits per heavy atom. The summed E-state index contributed by atoms with van der Waals surface area (Å²) in [7, 11) is 0. The molecule has 2 aromatic carbocycles. The Bertz CT molecular complexity index is 1160. The van der Waals surface area contributed by atoms with Crippen LogP contribution < -0.4 is 25.6 Å². The molecule has 3 aromatic rings. The molecular formula is C26H30N6O3. The van der Waals surface area contributed by atoms with Gasteiger partial charge in [0.05, 0.1) is 6.61 Å². The number of nitrogens with one attached hydrogen (secondary N) is 3. The smallest absolute Gasteiger partial charge is 0.323 e. The quantitative estimate of drug-likeness (QED) is 0.477. The third kappa shape index (κ3) is 6.41. The number of aromatic nitrogens is 1. The molecule has 9 nitrogen and oxygen atoms in total. The summed E-state index contributed by atoms with van der Waals surface area (Å²) in [6, 6.07) is 18.3. The van der Waals surface area contributed by atoms with Crippen molar-refractivity contribution < 1.29 is 14.3 Å². The summed E-state index contributed by atoms with van der Waals surface area (Å²) in [5, 5.41) is 8.55. The van der Waals surface area contributed by atoms with E-state index in [9.17, 15) is 9.59 Å². The molecule has 4 rings (SSSR count). The average molecular weight is 475 g/mol. The molecule has 1 fully saturated rings. The molecule has 1 saturated heterocycles. The molecule has 0 atom stereocenters. The van der Waals surface area contributed by atoms with Crippen molar-refractivity contribution in [3.8, 4) is 5.75 Å². The Labute approximate surface area is 205 Å². The van der Waals surface area contributed by atoms with E-state index >= 15 is 0 Å². The van der Waals surface area contributed by atoms with E-state index in [4.69, 9.17) is 4.74 Å². The third-order valence-electron chi connectivity index (χ3n) is 5.69. The van der Waals surface area contributed by atoms with Gasteiger partial charge in [0.2, 0.25) is 0 Å². The summed E-state index contributed by atoms with van der Waals surface area (Å²) < 4.78 is 5.46. The van der Waals surface area contributed by atoms with Crippen LogP contribution in [0.25, 0.3) is 0 Å². The van der Waals surface area contributed by atoms with Crippen LogP contribution in [0.5, 0.6) is 5.75 Å². The number of amides is 4. The highest BCUT2D eigenvalue weighted by Crippen LogP contribution is 2.21. The first-order valence-electron chi connectivity index (χ1n) is 11.7. The zero-order chi connectivity index (χ0) is 24.6. The highest BCUT2D eigenvalue weighted by atomic mass is 16.5. The largest absolute Gasteiger partial charge is 0.494 e. The molecule has 1 aliphatic heterocycles. The van der Waals surface area contributed by atoms with Gasteiger partial charge in [0.25, 0.3) is 0 Å². The van der Waals surface area contributed by atoms with Crippen LogP contribution >= 0.6 is 0 Å². The number of hydrogen-bond acceptors (Lipinski definition) is 5. The Morgan fingerprint density at radius 2 is 1.66 bits per heavy atom. The summed E-state index contributed by atoms with van der Waals surface area (Å²) in [5.74, 6) is 1.30. The van der Waals surface area contributed by atoms with Crippen LogP contribution in [0, 0.1) is 6.92 Å². The van der Waals surface area contributed by atoms with Crippen LogP contribution in [0.1, 0.15) is 12.5 Å². The molecule has 1 aromatic heterocycles. The van der Waals surface area contributed by atoms with Gasteiger partial charge in [-0.15, -0.1) is 0 Å². The van der Waals surface area contributed by atoms with Crippen LogP contribution in [-0.2, 0) is 0 Å². The van der Waals surface area contributed by atoms with E-state index in [0.717, 1.165) is 24.3 Å². The first kappa shape index (κ1) is 23.9. The van der Waals surface area contributed by atoms with Gasteiger partial charge in [-0.3, -0.25) is 5.32 Å². The summed E-state index contributed by atoms with van der Waals surface area (Å²) in [6.45, 7) is 7.06. The zero-order valence-electron chi connectivity index (χ0n) is 20.0. The van der Waals surface area contributed by atoms with Gasteiger partial charge >= 0.3 is 12.1 Å². The lowest BCUT2D eigenvalue weighted by Gasteiger charge is -2.36. The van der Waals surface area contributed by atoms with Crippen molar-refractivity contribution in [3.63, 3.8) is 0 Å². The number of carbonyl (C=O) groups excluding carboxylic acids is 2. The number of piperazine rings is 1. The Morgan fingerprint density at radius 3 is 2.37 bits per heavy atom. The van der Waals surface area contributed by atoms with Gasteiger partial charge < -0.3 is 25.2 Å². The molecule has 182 valence electrons. The monoisotopic (exact) mass is 474 g/mol. The van der Waals surface area contributed by atoms with E-state index in [2.05, 4.69) is 25.8 Å². The highest BCUT2D eigenvalue weighted by molar-refractivity contribution is 6.00. The fourth-order valence-corrected chi connectivity index (χ4v) is 3.84. The number of rotatable bonds is 6. The molecule has 0 saturated carbocycles. The Balaban J connectivity index is 1.26. The zero-order valence-corrected chi connectivity index (χ0v) is 20.0. The van der Waals surface area contributed by atoms with Gasteiger partial charge in [0, 0.05) is 55.5 Å². The first-order chi connectivity index (χ1) is 17.0. The normalized spacial score (nSPS) is 13.2. The van der Waals surface area contributed by atoms with Crippen molar-refractivity contribution in [3.05, 3.63) is 72.4 Å². The number of anilines is 4. The molecule has 3 N–H and O–H groups in total. The third-order valence-corrected chi connectivity index (χ3v) is 5.69. The first-order valence-corrected chi connectivity index (χ1v) is 11.7. The van der Waals surface area contributed by atoms with E-state index in [1.807, 2.05) is 68.4 Å². The van der Waals surface area contributed by atoms with Crippen LogP contribution in [-0.4, -0.2) is 54.7 Å². The van der Waals surface area contributed by atoms with Crippen molar-refractivity contribution >= 4 is 34.9 Å². The van der Waals surface area contributed by atoms with E-state index in [-0.39, 0.29) is 12.1 Å². The van der Waals surface area contributed by atoms with E-state index in [1.165, 1.54) is 0 Å². The van der Waals surface area contributed by atoms with Crippen molar-refractivity contribution in [1.82, 2.24) is 9.88 Å². The summed E-state index contributed by atoms with van der Waals surface area (Å²) in [4.78, 5) is 33.2. The highest BCUT2D eigenvalue weighted by Gasteiger charge is 2.22. The fourth-order valence-electron chi connectivity index (χ4n) is 3.84. The van der Waals surface area contributed by atoms with Crippen LogP contribution in [0.15, 0.2) is 66.9 Å². The molecule has 2 heterocycles. The lowest BCUT2D eigenvalue weighted by molar-refractivity contribution is 0.208. The number of pyridine rings is 1. The van der Waals surface area contributed by atoms with Gasteiger partial charge in [-0.1, -0.05) is 12.1 Å². The number of hydrogen-bond donors (Lipinski definition) is 3. The minimum Gasteiger partial charge on any atom is -0.494 e. The lowest BCUT2D eigenvalue weighted by Crippen LogP contribution is -2.50. The second-order valence-electron chi connectivity index (χ2n) is 8.16. The Hall–Kier alpha value is -4.27. The summed E-state index contributed by atoms with van der Waals surface area (Å²) in [5.41, 5.74) is 3.32. The topological polar surface area (TPSA) is 98.8 Å². The maximum atomic E-state index is 12.6. The lowest BCUT2D eigenvalue weighted by atomic mass is 10.2. The number of urea groups is 2. The molecule has 0 radical (unpaired) electrons. The van der Waals surface area contributed by atoms with Crippen molar-refractivity contribution in [2.45, 2.75) is 13.8 Å². The summed E-state index contributed by atoms with van der Waals surface area (Å²) >= 11 is 0. The van der Waals surface area contributed by atoms with Crippen LogP contribution in [0.2, 0.25) is 0 Å². The Kier molecular flexibility index (Phi) is 7.67.